The Morgan fingerprint density at radius 3 is 1.97 bits per heavy atom. The molecule has 1 aromatic rings. The smallest absolute Gasteiger partial charge is 0.154 e. The van der Waals surface area contributed by atoms with Gasteiger partial charge >= 0.3 is 0 Å². The molecule has 31 heavy (non-hydrogen) atoms. The SMILES string of the molecule is C=S(=O)(c1ccccc1)C1C(C(C)=O)C2(C)C(=O)C1(C)C1=C2C2CC3CC(C2)CC1C3. The molecule has 6 aliphatic carbocycles. The molecule has 0 aromatic heterocycles. The van der Waals surface area contributed by atoms with Crippen LogP contribution in [0.15, 0.2) is 46.4 Å². The number of hydrogen-bond acceptors (Lipinski definition) is 3. The Bertz CT molecular complexity index is 1130. The van der Waals surface area contributed by atoms with Crippen molar-refractivity contribution in [3.8, 4) is 0 Å². The van der Waals surface area contributed by atoms with Gasteiger partial charge in [0, 0.05) is 20.3 Å². The standard InChI is InChI=1S/C27H32O3S/c1-15(28)21-24(31(4,30)20-8-6-5-7-9-20)27(3)23-19-13-16-10-17(14-19)12-18(11-16)22(23)26(21,2)25(27)29/h5-9,16-19,21,24H,4,10-14H2,1-3H3. The minimum atomic E-state index is -2.86. The Balaban J connectivity index is 1.63. The van der Waals surface area contributed by atoms with Gasteiger partial charge in [-0.1, -0.05) is 29.3 Å². The predicted molar refractivity (Wildman–Crippen MR) is 123 cm³/mol. The summed E-state index contributed by atoms with van der Waals surface area (Å²) in [6.45, 7) is 5.65. The zero-order valence-electron chi connectivity index (χ0n) is 18.7. The van der Waals surface area contributed by atoms with Crippen molar-refractivity contribution in [2.45, 2.75) is 63.0 Å². The van der Waals surface area contributed by atoms with Crippen LogP contribution < -0.4 is 0 Å². The third kappa shape index (κ3) is 2.21. The van der Waals surface area contributed by atoms with Crippen LogP contribution in [0.3, 0.4) is 0 Å². The zero-order chi connectivity index (χ0) is 21.9. The lowest BCUT2D eigenvalue weighted by molar-refractivity contribution is -0.132. The summed E-state index contributed by atoms with van der Waals surface area (Å²) in [5.41, 5.74) is 0.928. The number of rotatable bonds is 3. The molecule has 7 unspecified atom stereocenters. The van der Waals surface area contributed by atoms with Crippen molar-refractivity contribution in [3.63, 3.8) is 0 Å². The molecule has 6 bridgehead atoms. The van der Waals surface area contributed by atoms with Gasteiger partial charge in [-0.2, -0.15) is 0 Å². The van der Waals surface area contributed by atoms with Gasteiger partial charge in [0.15, 0.2) is 5.78 Å². The molecule has 1 aromatic carbocycles. The topological polar surface area (TPSA) is 51.2 Å². The number of ketones is 2. The van der Waals surface area contributed by atoms with Gasteiger partial charge in [-0.25, -0.2) is 0 Å². The maximum atomic E-state index is 14.5. The average Bonchev–Trinajstić information content (AvgIpc) is 2.89. The van der Waals surface area contributed by atoms with Crippen LogP contribution in [0, 0.1) is 40.4 Å². The molecule has 0 heterocycles. The third-order valence-electron chi connectivity index (χ3n) is 9.79. The molecule has 0 amide bonds. The molecule has 4 heteroatoms. The van der Waals surface area contributed by atoms with E-state index >= 15 is 0 Å². The average molecular weight is 437 g/mol. The molecular weight excluding hydrogens is 404 g/mol. The summed E-state index contributed by atoms with van der Waals surface area (Å²) in [6, 6.07) is 9.35. The molecule has 164 valence electrons. The Hall–Kier alpha value is -1.68. The second kappa shape index (κ2) is 6.01. The van der Waals surface area contributed by atoms with Crippen LogP contribution >= 0.6 is 0 Å². The largest absolute Gasteiger partial charge is 0.300 e. The summed E-state index contributed by atoms with van der Waals surface area (Å²) in [7, 11) is -2.86. The van der Waals surface area contributed by atoms with Crippen LogP contribution in [0.4, 0.5) is 0 Å². The molecule has 0 radical (unpaired) electrons. The Morgan fingerprint density at radius 2 is 1.45 bits per heavy atom. The van der Waals surface area contributed by atoms with E-state index in [9.17, 15) is 13.8 Å². The van der Waals surface area contributed by atoms with E-state index in [4.69, 9.17) is 0 Å². The summed E-state index contributed by atoms with van der Waals surface area (Å²) in [6.07, 6.45) is 5.97. The highest BCUT2D eigenvalue weighted by Crippen LogP contribution is 2.73. The van der Waals surface area contributed by atoms with Crippen molar-refractivity contribution in [2.75, 3.05) is 0 Å². The van der Waals surface area contributed by atoms with Gasteiger partial charge < -0.3 is 0 Å². The van der Waals surface area contributed by atoms with Gasteiger partial charge in [0.1, 0.15) is 5.78 Å². The monoisotopic (exact) mass is 436 g/mol. The van der Waals surface area contributed by atoms with Crippen molar-refractivity contribution < 1.29 is 13.8 Å². The van der Waals surface area contributed by atoms with Crippen molar-refractivity contribution in [2.24, 2.45) is 40.4 Å². The van der Waals surface area contributed by atoms with Crippen LogP contribution in [0.25, 0.3) is 0 Å². The van der Waals surface area contributed by atoms with Crippen molar-refractivity contribution in [3.05, 3.63) is 41.5 Å². The summed E-state index contributed by atoms with van der Waals surface area (Å²) in [5.74, 6) is 6.15. The van der Waals surface area contributed by atoms with Gasteiger partial charge in [-0.15, -0.1) is 0 Å². The highest BCUT2D eigenvalue weighted by atomic mass is 32.2. The van der Waals surface area contributed by atoms with Gasteiger partial charge in [0.2, 0.25) is 0 Å². The molecule has 3 nitrogen and oxygen atoms in total. The maximum Gasteiger partial charge on any atom is 0.154 e. The first-order chi connectivity index (χ1) is 14.6. The van der Waals surface area contributed by atoms with E-state index in [2.05, 4.69) is 5.87 Å². The molecule has 6 aliphatic rings. The van der Waals surface area contributed by atoms with Crippen LogP contribution in [-0.2, 0) is 19.1 Å². The fourth-order valence-electron chi connectivity index (χ4n) is 9.20. The maximum absolute atomic E-state index is 14.5. The van der Waals surface area contributed by atoms with E-state index < -0.39 is 31.5 Å². The second-order valence-corrected chi connectivity index (χ2v) is 13.8. The van der Waals surface area contributed by atoms with E-state index in [1.165, 1.54) is 30.4 Å². The van der Waals surface area contributed by atoms with E-state index in [0.29, 0.717) is 16.7 Å². The van der Waals surface area contributed by atoms with Gasteiger partial charge in [0.25, 0.3) is 0 Å². The number of fused-ring (bicyclic) bond motifs is 2. The zero-order valence-corrected chi connectivity index (χ0v) is 19.5. The van der Waals surface area contributed by atoms with Crippen LogP contribution in [0.5, 0.6) is 0 Å². The Kier molecular flexibility index (Phi) is 3.87. The third-order valence-corrected chi connectivity index (χ3v) is 12.4. The molecule has 7 atom stereocenters. The first-order valence-electron chi connectivity index (χ1n) is 11.8. The van der Waals surface area contributed by atoms with Gasteiger partial charge in [-0.05, 0) is 94.6 Å². The van der Waals surface area contributed by atoms with Crippen LogP contribution in [0.2, 0.25) is 0 Å². The number of allylic oxidation sites excluding steroid dienone is 2. The molecule has 0 spiro atoms. The fourth-order valence-corrected chi connectivity index (χ4v) is 12.0. The number of carbonyl (C=O) groups is 2. The normalized spacial score (nSPS) is 46.7. The molecule has 3 saturated carbocycles. The first kappa shape index (κ1) is 20.0. The molecule has 3 fully saturated rings. The lowest BCUT2D eigenvalue weighted by Gasteiger charge is -2.44. The van der Waals surface area contributed by atoms with Gasteiger partial charge in [-0.3, -0.25) is 13.8 Å². The summed E-state index contributed by atoms with van der Waals surface area (Å²) in [5, 5.41) is -0.563. The highest BCUT2D eigenvalue weighted by Gasteiger charge is 2.76. The van der Waals surface area contributed by atoms with E-state index in [-0.39, 0.29) is 11.6 Å². The van der Waals surface area contributed by atoms with E-state index in [1.54, 1.807) is 6.92 Å². The van der Waals surface area contributed by atoms with E-state index in [0.717, 1.165) is 24.7 Å². The van der Waals surface area contributed by atoms with Crippen molar-refractivity contribution in [1.29, 1.82) is 0 Å². The van der Waals surface area contributed by atoms with E-state index in [1.807, 2.05) is 44.2 Å². The number of hydrogen-bond donors (Lipinski definition) is 0. The number of benzene rings is 1. The molecule has 0 saturated heterocycles. The van der Waals surface area contributed by atoms with Crippen molar-refractivity contribution >= 4 is 27.0 Å². The molecule has 0 aliphatic heterocycles. The highest BCUT2D eigenvalue weighted by molar-refractivity contribution is 8.01. The first-order valence-corrected chi connectivity index (χ1v) is 13.6. The molecule has 7 rings (SSSR count). The fraction of sp³-hybridized carbons (Fsp3) is 0.593. The molecular formula is C27H32O3S. The Labute approximate surface area is 185 Å². The Morgan fingerprint density at radius 1 is 0.935 bits per heavy atom. The minimum absolute atomic E-state index is 0.00705. The van der Waals surface area contributed by atoms with Crippen LogP contribution in [0.1, 0.15) is 52.9 Å². The predicted octanol–water partition coefficient (Wildman–Crippen LogP) is 4.70. The van der Waals surface area contributed by atoms with Crippen molar-refractivity contribution in [1.82, 2.24) is 0 Å². The minimum Gasteiger partial charge on any atom is -0.300 e. The second-order valence-electron chi connectivity index (χ2n) is 11.4. The lowest BCUT2D eigenvalue weighted by atomic mass is 9.62. The summed E-state index contributed by atoms with van der Waals surface area (Å²) >= 11 is 0. The number of Topliss-reactive ketones (excluding diaryl/α,β-unsaturated/α-hetero) is 2. The van der Waals surface area contributed by atoms with Crippen LogP contribution in [-0.4, -0.2) is 26.9 Å². The number of carbonyl (C=O) groups excluding carboxylic acids is 2. The quantitative estimate of drug-likeness (QED) is 0.510. The summed E-state index contributed by atoms with van der Waals surface area (Å²) in [4.78, 5) is 28.1. The molecule has 0 N–H and O–H groups in total. The summed E-state index contributed by atoms with van der Waals surface area (Å²) < 4.78 is 14.5. The van der Waals surface area contributed by atoms with Gasteiger partial charge in [0.05, 0.1) is 16.1 Å². The lowest BCUT2D eigenvalue weighted by Crippen LogP contribution is -2.48.